The van der Waals surface area contributed by atoms with Crippen LogP contribution in [0.5, 0.6) is 0 Å². The van der Waals surface area contributed by atoms with Crippen molar-refractivity contribution in [3.63, 3.8) is 0 Å². The number of fused-ring (bicyclic) bond motifs is 6. The third kappa shape index (κ3) is 5.64. The van der Waals surface area contributed by atoms with Gasteiger partial charge in [0, 0.05) is 13.8 Å². The molecule has 2 bridgehead atoms. The SMILES string of the molecule is CC(=O)N[C@H]1[C@@H](O[C@@H]2[C@@H](NC(C)=O)[C@H]3O[C@@H](C)CC(=O)N[C@@H]2[C@@H](C)O3)O[C@H](C(=O)O)[C@H](O)[C@@H]1O. The topological polar surface area (TPSA) is 202 Å². The zero-order valence-electron chi connectivity index (χ0n) is 19.2. The zero-order chi connectivity index (χ0) is 25.3. The second-order valence-electron chi connectivity index (χ2n) is 8.75. The summed E-state index contributed by atoms with van der Waals surface area (Å²) in [5, 5.41) is 38.0. The van der Waals surface area contributed by atoms with Crippen LogP contribution in [0.15, 0.2) is 0 Å². The van der Waals surface area contributed by atoms with Gasteiger partial charge in [-0.2, -0.15) is 0 Å². The lowest BCUT2D eigenvalue weighted by atomic mass is 9.93. The van der Waals surface area contributed by atoms with E-state index in [2.05, 4.69) is 16.0 Å². The fourth-order valence-corrected chi connectivity index (χ4v) is 4.41. The van der Waals surface area contributed by atoms with Gasteiger partial charge in [-0.1, -0.05) is 0 Å². The Bertz CT molecular complexity index is 811. The maximum Gasteiger partial charge on any atom is 0.335 e. The van der Waals surface area contributed by atoms with Crippen LogP contribution in [0, 0.1) is 0 Å². The number of amides is 3. The smallest absolute Gasteiger partial charge is 0.335 e. The van der Waals surface area contributed by atoms with Crippen LogP contribution < -0.4 is 16.0 Å². The fraction of sp³-hybridized carbons (Fsp3) is 0.800. The number of aliphatic hydroxyl groups excluding tert-OH is 2. The minimum absolute atomic E-state index is 0.0169. The number of aliphatic hydroxyl groups is 2. The van der Waals surface area contributed by atoms with Crippen molar-refractivity contribution < 1.29 is 53.4 Å². The number of ether oxygens (including phenoxy) is 4. The molecule has 34 heavy (non-hydrogen) atoms. The Hall–Kier alpha value is -2.36. The van der Waals surface area contributed by atoms with E-state index in [1.54, 1.807) is 13.8 Å². The van der Waals surface area contributed by atoms with Gasteiger partial charge in [0.05, 0.1) is 24.7 Å². The number of carbonyl (C=O) groups is 4. The lowest BCUT2D eigenvalue weighted by molar-refractivity contribution is -0.308. The summed E-state index contributed by atoms with van der Waals surface area (Å²) in [4.78, 5) is 47.8. The van der Waals surface area contributed by atoms with Gasteiger partial charge in [-0.05, 0) is 13.8 Å². The molecule has 6 N–H and O–H groups in total. The minimum atomic E-state index is -1.86. The number of rotatable bonds is 5. The van der Waals surface area contributed by atoms with E-state index < -0.39 is 85.1 Å². The molecule has 14 heteroatoms. The maximum absolute atomic E-state index is 12.5. The quantitative estimate of drug-likeness (QED) is 0.229. The molecule has 14 nitrogen and oxygen atoms in total. The minimum Gasteiger partial charge on any atom is -0.479 e. The molecule has 4 aliphatic heterocycles. The van der Waals surface area contributed by atoms with Crippen LogP contribution in [0.25, 0.3) is 0 Å². The molecular weight excluding hydrogens is 458 g/mol. The summed E-state index contributed by atoms with van der Waals surface area (Å²) >= 11 is 0. The number of nitrogens with one attached hydrogen (secondary N) is 3. The first kappa shape index (κ1) is 26.2. The Morgan fingerprint density at radius 2 is 1.62 bits per heavy atom. The van der Waals surface area contributed by atoms with Gasteiger partial charge in [0.25, 0.3) is 0 Å². The molecule has 11 atom stereocenters. The number of carboxylic acids is 1. The number of carboxylic acid groups (broad SMARTS) is 1. The van der Waals surface area contributed by atoms with E-state index in [1.165, 1.54) is 6.92 Å². The molecule has 0 aromatic carbocycles. The van der Waals surface area contributed by atoms with Crippen molar-refractivity contribution in [1.82, 2.24) is 16.0 Å². The predicted molar refractivity (Wildman–Crippen MR) is 110 cm³/mol. The molecule has 192 valence electrons. The average Bonchev–Trinajstić information content (AvgIpc) is 2.79. The lowest BCUT2D eigenvalue weighted by Crippen LogP contribution is -2.71. The van der Waals surface area contributed by atoms with Crippen molar-refractivity contribution >= 4 is 23.7 Å². The van der Waals surface area contributed by atoms with Gasteiger partial charge in [-0.3, -0.25) is 14.4 Å². The van der Waals surface area contributed by atoms with Crippen molar-refractivity contribution in [1.29, 1.82) is 0 Å². The number of hydrogen-bond acceptors (Lipinski definition) is 10. The first-order valence-electron chi connectivity index (χ1n) is 10.9. The molecule has 0 saturated carbocycles. The maximum atomic E-state index is 12.5. The van der Waals surface area contributed by atoms with Crippen LogP contribution in [0.2, 0.25) is 0 Å². The lowest BCUT2D eigenvalue weighted by Gasteiger charge is -2.48. The summed E-state index contributed by atoms with van der Waals surface area (Å²) in [7, 11) is 0. The summed E-state index contributed by atoms with van der Waals surface area (Å²) in [5.74, 6) is -2.98. The number of aliphatic carboxylic acids is 1. The van der Waals surface area contributed by atoms with E-state index in [1.807, 2.05) is 0 Å². The predicted octanol–water partition coefficient (Wildman–Crippen LogP) is -3.05. The Balaban J connectivity index is 1.99. The molecule has 0 spiro atoms. The van der Waals surface area contributed by atoms with Crippen molar-refractivity contribution in [2.24, 2.45) is 0 Å². The Labute approximate surface area is 195 Å². The fourth-order valence-electron chi connectivity index (χ4n) is 4.41. The van der Waals surface area contributed by atoms with Crippen molar-refractivity contribution in [3.8, 4) is 0 Å². The van der Waals surface area contributed by atoms with Gasteiger partial charge < -0.3 is 50.2 Å². The largest absolute Gasteiger partial charge is 0.479 e. The van der Waals surface area contributed by atoms with E-state index in [4.69, 9.17) is 18.9 Å². The van der Waals surface area contributed by atoms with Crippen LogP contribution in [0.3, 0.4) is 0 Å². The third-order valence-electron chi connectivity index (χ3n) is 5.90. The van der Waals surface area contributed by atoms with Gasteiger partial charge in [-0.15, -0.1) is 0 Å². The van der Waals surface area contributed by atoms with E-state index in [0.29, 0.717) is 0 Å². The Morgan fingerprint density at radius 3 is 2.21 bits per heavy atom. The summed E-state index contributed by atoms with van der Waals surface area (Å²) in [6.45, 7) is 5.75. The number of hydrogen-bond donors (Lipinski definition) is 6. The summed E-state index contributed by atoms with van der Waals surface area (Å²) in [5.41, 5.74) is 0. The van der Waals surface area contributed by atoms with Gasteiger partial charge in [-0.25, -0.2) is 4.79 Å². The molecule has 4 aliphatic rings. The monoisotopic (exact) mass is 489 g/mol. The normalized spacial score (nSPS) is 42.5. The molecule has 0 aliphatic carbocycles. The standard InChI is InChI=1S/C20H31N3O11/c1-6-5-10(26)23-11-7(2)32-20(31-6)13(22-9(4)25)16(11)33-19-12(21-8(3)24)14(27)15(28)17(34-19)18(29)30/h6-7,11-17,19-20,27-28H,5H2,1-4H3,(H,21,24)(H,22,25)(H,23,26)(H,29,30)/t6-,7+,11+,12+,13+,14+,15+,16-,17-,19-,20-/m0/s1. The van der Waals surface area contributed by atoms with E-state index in [-0.39, 0.29) is 12.3 Å². The van der Waals surface area contributed by atoms with E-state index in [9.17, 15) is 34.5 Å². The summed E-state index contributed by atoms with van der Waals surface area (Å²) in [6, 6.07) is -3.18. The van der Waals surface area contributed by atoms with Gasteiger partial charge in [0.15, 0.2) is 18.7 Å². The molecule has 0 radical (unpaired) electrons. The highest BCUT2D eigenvalue weighted by molar-refractivity contribution is 5.77. The first-order chi connectivity index (χ1) is 15.9. The summed E-state index contributed by atoms with van der Waals surface area (Å²) in [6.07, 6.45) is -10.4. The van der Waals surface area contributed by atoms with Crippen molar-refractivity contribution in [2.45, 2.75) is 101 Å². The van der Waals surface area contributed by atoms with E-state index in [0.717, 1.165) is 6.92 Å². The van der Waals surface area contributed by atoms with Crippen LogP contribution in [0.4, 0.5) is 0 Å². The molecule has 4 fully saturated rings. The average molecular weight is 489 g/mol. The second-order valence-corrected chi connectivity index (χ2v) is 8.75. The summed E-state index contributed by atoms with van der Waals surface area (Å²) < 4.78 is 23.3. The molecule has 0 unspecified atom stereocenters. The Kier molecular flexibility index (Phi) is 8.10. The van der Waals surface area contributed by atoms with Crippen molar-refractivity contribution in [3.05, 3.63) is 0 Å². The molecule has 0 aromatic heterocycles. The van der Waals surface area contributed by atoms with Crippen LogP contribution in [-0.4, -0.2) is 106 Å². The van der Waals surface area contributed by atoms with Crippen molar-refractivity contribution in [2.75, 3.05) is 0 Å². The Morgan fingerprint density at radius 1 is 1.00 bits per heavy atom. The van der Waals surface area contributed by atoms with Gasteiger partial charge in [0.2, 0.25) is 17.7 Å². The molecule has 4 heterocycles. The first-order valence-corrected chi connectivity index (χ1v) is 10.9. The van der Waals surface area contributed by atoms with Crippen LogP contribution in [0.1, 0.15) is 34.1 Å². The number of carbonyl (C=O) groups excluding carboxylic acids is 3. The molecule has 4 saturated heterocycles. The third-order valence-corrected chi connectivity index (χ3v) is 5.90. The highest BCUT2D eigenvalue weighted by atomic mass is 16.7. The second kappa shape index (κ2) is 10.5. The zero-order valence-corrected chi connectivity index (χ0v) is 19.2. The molecule has 4 rings (SSSR count). The highest BCUT2D eigenvalue weighted by Gasteiger charge is 2.54. The van der Waals surface area contributed by atoms with Crippen LogP contribution >= 0.6 is 0 Å². The highest BCUT2D eigenvalue weighted by Crippen LogP contribution is 2.31. The van der Waals surface area contributed by atoms with Crippen LogP contribution in [-0.2, 0) is 38.1 Å². The van der Waals surface area contributed by atoms with E-state index >= 15 is 0 Å². The van der Waals surface area contributed by atoms with Gasteiger partial charge >= 0.3 is 5.97 Å². The molecule has 3 amide bonds. The van der Waals surface area contributed by atoms with Gasteiger partial charge in [0.1, 0.15) is 30.4 Å². The molecular formula is C20H31N3O11. The molecule has 0 aromatic rings.